The van der Waals surface area contributed by atoms with Crippen molar-refractivity contribution in [2.24, 2.45) is 0 Å². The summed E-state index contributed by atoms with van der Waals surface area (Å²) in [5.41, 5.74) is 2.36. The van der Waals surface area contributed by atoms with Crippen LogP contribution in [0.1, 0.15) is 11.1 Å². The Morgan fingerprint density at radius 1 is 1.00 bits per heavy atom. The van der Waals surface area contributed by atoms with E-state index in [0.717, 1.165) is 17.1 Å². The zero-order chi connectivity index (χ0) is 11.5. The highest BCUT2D eigenvalue weighted by molar-refractivity contribution is 6.30. The van der Waals surface area contributed by atoms with E-state index < -0.39 is 0 Å². The van der Waals surface area contributed by atoms with Gasteiger partial charge in [0, 0.05) is 5.02 Å². The largest absolute Gasteiger partial charge is 0.457 e. The van der Waals surface area contributed by atoms with E-state index in [9.17, 15) is 0 Å². The Hall–Kier alpha value is -1.47. The van der Waals surface area contributed by atoms with Crippen molar-refractivity contribution >= 4 is 11.6 Å². The molecule has 16 heavy (non-hydrogen) atoms. The summed E-state index contributed by atoms with van der Waals surface area (Å²) in [4.78, 5) is 0. The van der Waals surface area contributed by atoms with Gasteiger partial charge in [0.2, 0.25) is 0 Å². The fraction of sp³-hybridized carbons (Fsp3) is 0.143. The second-order valence-electron chi connectivity index (χ2n) is 3.83. The molecule has 0 fully saturated rings. The Morgan fingerprint density at radius 2 is 1.81 bits per heavy atom. The molecule has 0 aliphatic heterocycles. The second kappa shape index (κ2) is 4.58. The average molecular weight is 233 g/mol. The van der Waals surface area contributed by atoms with Gasteiger partial charge in [-0.15, -0.1) is 0 Å². The van der Waals surface area contributed by atoms with E-state index in [1.165, 1.54) is 5.56 Å². The number of ether oxygens (including phenoxy) is 1. The summed E-state index contributed by atoms with van der Waals surface area (Å²) in [6.07, 6.45) is 0. The number of aryl methyl sites for hydroxylation is 2. The van der Waals surface area contributed by atoms with E-state index in [4.69, 9.17) is 16.3 Å². The molecule has 0 N–H and O–H groups in total. The molecule has 0 heterocycles. The minimum atomic E-state index is 0.683. The van der Waals surface area contributed by atoms with Crippen molar-refractivity contribution in [2.75, 3.05) is 0 Å². The van der Waals surface area contributed by atoms with Gasteiger partial charge in [0.25, 0.3) is 0 Å². The maximum atomic E-state index is 5.90. The van der Waals surface area contributed by atoms with E-state index in [-0.39, 0.29) is 0 Å². The molecule has 0 aliphatic rings. The monoisotopic (exact) mass is 232 g/mol. The molecular weight excluding hydrogens is 220 g/mol. The Labute approximate surface area is 101 Å². The molecule has 0 radical (unpaired) electrons. The third-order valence-corrected chi connectivity index (χ3v) is 2.59. The molecule has 0 unspecified atom stereocenters. The SMILES string of the molecule is Cc1ccc(Oc2cccc(Cl)c2)c(C)c1. The zero-order valence-corrected chi connectivity index (χ0v) is 10.1. The first kappa shape index (κ1) is 11.0. The van der Waals surface area contributed by atoms with Gasteiger partial charge in [-0.25, -0.2) is 0 Å². The Morgan fingerprint density at radius 3 is 2.50 bits per heavy atom. The van der Waals surface area contributed by atoms with Crippen molar-refractivity contribution in [2.45, 2.75) is 13.8 Å². The average Bonchev–Trinajstić information content (AvgIpc) is 2.22. The lowest BCUT2D eigenvalue weighted by atomic mass is 10.1. The normalized spacial score (nSPS) is 10.2. The van der Waals surface area contributed by atoms with Crippen LogP contribution < -0.4 is 4.74 Å². The van der Waals surface area contributed by atoms with Crippen LogP contribution in [0.4, 0.5) is 0 Å². The molecule has 2 rings (SSSR count). The maximum Gasteiger partial charge on any atom is 0.130 e. The lowest BCUT2D eigenvalue weighted by Crippen LogP contribution is -1.88. The summed E-state index contributed by atoms with van der Waals surface area (Å²) in [7, 11) is 0. The predicted octanol–water partition coefficient (Wildman–Crippen LogP) is 4.75. The summed E-state index contributed by atoms with van der Waals surface area (Å²) in [5, 5.41) is 0.683. The quantitative estimate of drug-likeness (QED) is 0.726. The van der Waals surface area contributed by atoms with Gasteiger partial charge in [0.1, 0.15) is 11.5 Å². The van der Waals surface area contributed by atoms with Gasteiger partial charge >= 0.3 is 0 Å². The summed E-state index contributed by atoms with van der Waals surface area (Å²) in [5.74, 6) is 1.63. The standard InChI is InChI=1S/C14H13ClO/c1-10-6-7-14(11(2)8-10)16-13-5-3-4-12(15)9-13/h3-9H,1-2H3. The van der Waals surface area contributed by atoms with Crippen LogP contribution in [-0.2, 0) is 0 Å². The topological polar surface area (TPSA) is 9.23 Å². The van der Waals surface area contributed by atoms with Crippen molar-refractivity contribution in [3.05, 3.63) is 58.6 Å². The van der Waals surface area contributed by atoms with Gasteiger partial charge in [-0.05, 0) is 43.7 Å². The van der Waals surface area contributed by atoms with Crippen LogP contribution in [-0.4, -0.2) is 0 Å². The summed E-state index contributed by atoms with van der Waals surface area (Å²) >= 11 is 5.90. The maximum absolute atomic E-state index is 5.90. The molecule has 0 saturated heterocycles. The van der Waals surface area contributed by atoms with Crippen LogP contribution in [0, 0.1) is 13.8 Å². The molecule has 2 heteroatoms. The molecule has 2 aromatic rings. The van der Waals surface area contributed by atoms with Crippen LogP contribution in [0.25, 0.3) is 0 Å². The number of hydrogen-bond acceptors (Lipinski definition) is 1. The molecule has 0 aromatic heterocycles. The first-order valence-corrected chi connectivity index (χ1v) is 5.53. The van der Waals surface area contributed by atoms with E-state index in [0.29, 0.717) is 5.02 Å². The molecule has 0 atom stereocenters. The Bertz CT molecular complexity index is 506. The van der Waals surface area contributed by atoms with Gasteiger partial charge < -0.3 is 4.74 Å². The Kier molecular flexibility index (Phi) is 3.16. The molecule has 82 valence electrons. The van der Waals surface area contributed by atoms with Crippen molar-refractivity contribution in [3.8, 4) is 11.5 Å². The molecule has 0 amide bonds. The smallest absolute Gasteiger partial charge is 0.130 e. The van der Waals surface area contributed by atoms with Gasteiger partial charge in [-0.2, -0.15) is 0 Å². The van der Waals surface area contributed by atoms with Gasteiger partial charge in [0.05, 0.1) is 0 Å². The van der Waals surface area contributed by atoms with Crippen LogP contribution in [0.2, 0.25) is 5.02 Å². The molecule has 2 aromatic carbocycles. The molecular formula is C14H13ClO. The van der Waals surface area contributed by atoms with Crippen molar-refractivity contribution < 1.29 is 4.74 Å². The third kappa shape index (κ3) is 2.56. The van der Waals surface area contributed by atoms with Gasteiger partial charge in [0.15, 0.2) is 0 Å². The van der Waals surface area contributed by atoms with Crippen LogP contribution >= 0.6 is 11.6 Å². The van der Waals surface area contributed by atoms with E-state index in [1.54, 1.807) is 6.07 Å². The van der Waals surface area contributed by atoms with E-state index in [2.05, 4.69) is 13.0 Å². The molecule has 0 spiro atoms. The van der Waals surface area contributed by atoms with Gasteiger partial charge in [-0.3, -0.25) is 0 Å². The van der Waals surface area contributed by atoms with E-state index >= 15 is 0 Å². The van der Waals surface area contributed by atoms with Crippen LogP contribution in [0.15, 0.2) is 42.5 Å². The van der Waals surface area contributed by atoms with Crippen molar-refractivity contribution in [1.82, 2.24) is 0 Å². The van der Waals surface area contributed by atoms with Gasteiger partial charge in [-0.1, -0.05) is 35.4 Å². The summed E-state index contributed by atoms with van der Waals surface area (Å²) in [6.45, 7) is 4.10. The van der Waals surface area contributed by atoms with Crippen LogP contribution in [0.3, 0.4) is 0 Å². The highest BCUT2D eigenvalue weighted by atomic mass is 35.5. The lowest BCUT2D eigenvalue weighted by Gasteiger charge is -2.09. The minimum Gasteiger partial charge on any atom is -0.457 e. The first-order valence-electron chi connectivity index (χ1n) is 5.16. The number of benzene rings is 2. The third-order valence-electron chi connectivity index (χ3n) is 2.35. The number of halogens is 1. The molecule has 0 saturated carbocycles. The molecule has 0 bridgehead atoms. The zero-order valence-electron chi connectivity index (χ0n) is 9.33. The predicted molar refractivity (Wildman–Crippen MR) is 67.4 cm³/mol. The lowest BCUT2D eigenvalue weighted by molar-refractivity contribution is 0.479. The summed E-state index contributed by atoms with van der Waals surface area (Å²) in [6, 6.07) is 13.5. The first-order chi connectivity index (χ1) is 7.65. The Balaban J connectivity index is 2.27. The number of rotatable bonds is 2. The van der Waals surface area contributed by atoms with Crippen molar-refractivity contribution in [1.29, 1.82) is 0 Å². The molecule has 1 nitrogen and oxygen atoms in total. The highest BCUT2D eigenvalue weighted by Crippen LogP contribution is 2.27. The fourth-order valence-electron chi connectivity index (χ4n) is 1.57. The van der Waals surface area contributed by atoms with E-state index in [1.807, 2.05) is 37.3 Å². The van der Waals surface area contributed by atoms with Crippen molar-refractivity contribution in [3.63, 3.8) is 0 Å². The number of hydrogen-bond donors (Lipinski definition) is 0. The fourth-order valence-corrected chi connectivity index (χ4v) is 1.75. The summed E-state index contributed by atoms with van der Waals surface area (Å²) < 4.78 is 5.76. The minimum absolute atomic E-state index is 0.683. The van der Waals surface area contributed by atoms with Crippen LogP contribution in [0.5, 0.6) is 11.5 Å². The highest BCUT2D eigenvalue weighted by Gasteiger charge is 2.01. The molecule has 0 aliphatic carbocycles. The second-order valence-corrected chi connectivity index (χ2v) is 4.26.